The van der Waals surface area contributed by atoms with Crippen LogP contribution in [0.5, 0.6) is 0 Å². The van der Waals surface area contributed by atoms with Gasteiger partial charge in [0.15, 0.2) is 5.82 Å². The van der Waals surface area contributed by atoms with E-state index in [9.17, 15) is 9.50 Å². The van der Waals surface area contributed by atoms with E-state index in [0.29, 0.717) is 0 Å². The van der Waals surface area contributed by atoms with Crippen molar-refractivity contribution in [1.82, 2.24) is 19.8 Å². The largest absolute Gasteiger partial charge is 0.396 e. The summed E-state index contributed by atoms with van der Waals surface area (Å²) in [7, 11) is 0. The summed E-state index contributed by atoms with van der Waals surface area (Å²) in [5.74, 6) is 0.533. The minimum absolute atomic E-state index is 0.159. The number of hydrogen-bond donors (Lipinski definition) is 1. The molecule has 0 amide bonds. The second-order valence-corrected chi connectivity index (χ2v) is 8.28. The van der Waals surface area contributed by atoms with Gasteiger partial charge in [0.1, 0.15) is 5.82 Å². The van der Waals surface area contributed by atoms with Gasteiger partial charge in [-0.2, -0.15) is 0 Å². The summed E-state index contributed by atoms with van der Waals surface area (Å²) in [5, 5.41) is 9.56. The molecule has 162 valence electrons. The summed E-state index contributed by atoms with van der Waals surface area (Å²) in [4.78, 5) is 13.9. The molecule has 1 aliphatic heterocycles. The highest BCUT2D eigenvalue weighted by Gasteiger charge is 2.26. The van der Waals surface area contributed by atoms with Crippen molar-refractivity contribution >= 4 is 0 Å². The highest BCUT2D eigenvalue weighted by molar-refractivity contribution is 5.55. The Morgan fingerprint density at radius 1 is 1.00 bits per heavy atom. The van der Waals surface area contributed by atoms with Gasteiger partial charge in [-0.1, -0.05) is 35.9 Å². The molecule has 4 rings (SSSR count). The lowest BCUT2D eigenvalue weighted by atomic mass is 10.1. The van der Waals surface area contributed by atoms with Crippen LogP contribution in [-0.4, -0.2) is 57.2 Å². The van der Waals surface area contributed by atoms with Gasteiger partial charge in [-0.25, -0.2) is 14.4 Å². The van der Waals surface area contributed by atoms with Crippen LogP contribution in [0.15, 0.2) is 60.9 Å². The number of aliphatic hydroxyl groups excluding tert-OH is 1. The molecule has 0 saturated carbocycles. The van der Waals surface area contributed by atoms with E-state index in [1.807, 2.05) is 36.7 Å². The number of halogens is 1. The van der Waals surface area contributed by atoms with E-state index >= 15 is 0 Å². The van der Waals surface area contributed by atoms with Crippen LogP contribution in [0.25, 0.3) is 11.4 Å². The molecular weight excluding hydrogens is 391 g/mol. The molecular formula is C25H29FN4O. The zero-order valence-electron chi connectivity index (χ0n) is 17.9. The van der Waals surface area contributed by atoms with Crippen molar-refractivity contribution in [2.45, 2.75) is 32.5 Å². The van der Waals surface area contributed by atoms with Crippen LogP contribution < -0.4 is 0 Å². The van der Waals surface area contributed by atoms with Gasteiger partial charge in [-0.3, -0.25) is 9.80 Å². The van der Waals surface area contributed by atoms with Crippen molar-refractivity contribution < 1.29 is 9.50 Å². The number of benzene rings is 2. The molecule has 1 fully saturated rings. The van der Waals surface area contributed by atoms with Gasteiger partial charge in [-0.15, -0.1) is 0 Å². The van der Waals surface area contributed by atoms with Crippen molar-refractivity contribution in [3.05, 3.63) is 83.4 Å². The Labute approximate surface area is 183 Å². The molecule has 6 heteroatoms. The Balaban J connectivity index is 1.37. The normalized spacial score (nSPS) is 17.7. The summed E-state index contributed by atoms with van der Waals surface area (Å²) in [5.41, 5.74) is 4.41. The summed E-state index contributed by atoms with van der Waals surface area (Å²) in [6.07, 6.45) is 4.55. The van der Waals surface area contributed by atoms with Crippen LogP contribution in [0.2, 0.25) is 0 Å². The molecule has 0 aliphatic carbocycles. The average molecular weight is 421 g/mol. The smallest absolute Gasteiger partial charge is 0.159 e. The van der Waals surface area contributed by atoms with Crippen LogP contribution in [0.3, 0.4) is 0 Å². The third-order valence-electron chi connectivity index (χ3n) is 5.84. The van der Waals surface area contributed by atoms with Gasteiger partial charge < -0.3 is 5.11 Å². The molecule has 1 aromatic heterocycles. The first kappa shape index (κ1) is 21.6. The molecule has 31 heavy (non-hydrogen) atoms. The van der Waals surface area contributed by atoms with Gasteiger partial charge in [-0.05, 0) is 37.1 Å². The third kappa shape index (κ3) is 5.73. The second kappa shape index (κ2) is 10.1. The molecule has 2 heterocycles. The molecule has 5 nitrogen and oxygen atoms in total. The van der Waals surface area contributed by atoms with Crippen LogP contribution in [0.1, 0.15) is 23.1 Å². The first-order valence-electron chi connectivity index (χ1n) is 10.8. The molecule has 1 N–H and O–H groups in total. The molecule has 0 radical (unpaired) electrons. The van der Waals surface area contributed by atoms with E-state index in [2.05, 4.69) is 38.8 Å². The summed E-state index contributed by atoms with van der Waals surface area (Å²) in [6, 6.07) is 15.2. The second-order valence-electron chi connectivity index (χ2n) is 8.28. The maximum atomic E-state index is 13.2. The van der Waals surface area contributed by atoms with Crippen LogP contribution in [0, 0.1) is 12.7 Å². The standard InChI is InChI=1S/C25H29FN4O/c1-19-3-2-4-22(13-19)25-27-14-21(15-28-25)16-29-10-11-30(24(18-29)9-12-31)17-20-5-7-23(26)8-6-20/h2-8,13-15,24,31H,9-12,16-18H2,1H3. The van der Waals surface area contributed by atoms with Crippen molar-refractivity contribution in [3.63, 3.8) is 0 Å². The lowest BCUT2D eigenvalue weighted by Gasteiger charge is -2.41. The van der Waals surface area contributed by atoms with Gasteiger partial charge >= 0.3 is 0 Å². The highest BCUT2D eigenvalue weighted by Crippen LogP contribution is 2.20. The van der Waals surface area contributed by atoms with Crippen molar-refractivity contribution in [3.8, 4) is 11.4 Å². The molecule has 1 unspecified atom stereocenters. The fourth-order valence-electron chi connectivity index (χ4n) is 4.18. The summed E-state index contributed by atoms with van der Waals surface area (Å²) >= 11 is 0. The van der Waals surface area contributed by atoms with E-state index in [0.717, 1.165) is 61.7 Å². The maximum Gasteiger partial charge on any atom is 0.159 e. The Morgan fingerprint density at radius 2 is 1.77 bits per heavy atom. The minimum Gasteiger partial charge on any atom is -0.396 e. The van der Waals surface area contributed by atoms with Crippen LogP contribution >= 0.6 is 0 Å². The third-order valence-corrected chi connectivity index (χ3v) is 5.84. The minimum atomic E-state index is -0.212. The first-order valence-corrected chi connectivity index (χ1v) is 10.8. The predicted molar refractivity (Wildman–Crippen MR) is 120 cm³/mol. The fourth-order valence-corrected chi connectivity index (χ4v) is 4.18. The Bertz CT molecular complexity index is 978. The summed E-state index contributed by atoms with van der Waals surface area (Å²) in [6.45, 7) is 6.50. The quantitative estimate of drug-likeness (QED) is 0.632. The van der Waals surface area contributed by atoms with Crippen molar-refractivity contribution in [1.29, 1.82) is 0 Å². The molecule has 1 saturated heterocycles. The van der Waals surface area contributed by atoms with Gasteiger partial charge in [0.05, 0.1) is 0 Å². The van der Waals surface area contributed by atoms with Crippen LogP contribution in [0.4, 0.5) is 4.39 Å². The van der Waals surface area contributed by atoms with Gasteiger partial charge in [0.25, 0.3) is 0 Å². The molecule has 3 aromatic rings. The number of aliphatic hydroxyl groups is 1. The Kier molecular flexibility index (Phi) is 7.02. The lowest BCUT2D eigenvalue weighted by molar-refractivity contribution is 0.0499. The lowest BCUT2D eigenvalue weighted by Crippen LogP contribution is -2.52. The van der Waals surface area contributed by atoms with E-state index in [1.165, 1.54) is 17.7 Å². The number of rotatable bonds is 7. The molecule has 0 bridgehead atoms. The SMILES string of the molecule is Cc1cccc(-c2ncc(CN3CCN(Cc4ccc(F)cc4)C(CCO)C3)cn2)c1. The van der Waals surface area contributed by atoms with E-state index in [1.54, 1.807) is 0 Å². The number of aryl methyl sites for hydroxylation is 1. The molecule has 1 atom stereocenters. The zero-order chi connectivity index (χ0) is 21.6. The number of hydrogen-bond acceptors (Lipinski definition) is 5. The summed E-state index contributed by atoms with van der Waals surface area (Å²) < 4.78 is 13.2. The monoisotopic (exact) mass is 420 g/mol. The van der Waals surface area contributed by atoms with Crippen LogP contribution in [-0.2, 0) is 13.1 Å². The molecule has 1 aliphatic rings. The number of aromatic nitrogens is 2. The molecule has 0 spiro atoms. The average Bonchev–Trinajstić information content (AvgIpc) is 2.78. The first-order chi connectivity index (χ1) is 15.1. The number of piperazine rings is 1. The van der Waals surface area contributed by atoms with Gasteiger partial charge in [0.2, 0.25) is 0 Å². The Hall–Kier alpha value is -2.67. The predicted octanol–water partition coefficient (Wildman–Crippen LogP) is 3.66. The maximum absolute atomic E-state index is 13.2. The fraction of sp³-hybridized carbons (Fsp3) is 0.360. The number of nitrogens with zero attached hydrogens (tertiary/aromatic N) is 4. The van der Waals surface area contributed by atoms with Gasteiger partial charge in [0, 0.05) is 68.9 Å². The zero-order valence-corrected chi connectivity index (χ0v) is 17.9. The molecule has 2 aromatic carbocycles. The van der Waals surface area contributed by atoms with E-state index < -0.39 is 0 Å². The van der Waals surface area contributed by atoms with E-state index in [-0.39, 0.29) is 18.5 Å². The Morgan fingerprint density at radius 3 is 2.48 bits per heavy atom. The highest BCUT2D eigenvalue weighted by atomic mass is 19.1. The van der Waals surface area contributed by atoms with Crippen molar-refractivity contribution in [2.24, 2.45) is 0 Å². The van der Waals surface area contributed by atoms with E-state index in [4.69, 9.17) is 0 Å². The van der Waals surface area contributed by atoms with Crippen molar-refractivity contribution in [2.75, 3.05) is 26.2 Å². The topological polar surface area (TPSA) is 52.5 Å².